The lowest BCUT2D eigenvalue weighted by Gasteiger charge is -2.31. The summed E-state index contributed by atoms with van der Waals surface area (Å²) in [5.41, 5.74) is 2.04. The number of hydrogen-bond acceptors (Lipinski definition) is 2. The zero-order chi connectivity index (χ0) is 14.3. The van der Waals surface area contributed by atoms with E-state index in [-0.39, 0.29) is 23.8 Å². The molecule has 0 fully saturated rings. The van der Waals surface area contributed by atoms with Gasteiger partial charge < -0.3 is 10.2 Å². The van der Waals surface area contributed by atoms with Gasteiger partial charge in [-0.3, -0.25) is 4.79 Å². The molecular formula is C15H12F2N2O. The average Bonchev–Trinajstić information content (AvgIpc) is 2.43. The van der Waals surface area contributed by atoms with Crippen LogP contribution in [0.4, 0.5) is 25.8 Å². The molecule has 0 saturated carbocycles. The summed E-state index contributed by atoms with van der Waals surface area (Å²) in [5, 5.41) is 2.55. The van der Waals surface area contributed by atoms with Crippen LogP contribution >= 0.6 is 0 Å². The van der Waals surface area contributed by atoms with E-state index in [1.165, 1.54) is 11.0 Å². The maximum atomic E-state index is 14.1. The Bertz CT molecular complexity index is 683. The van der Waals surface area contributed by atoms with E-state index in [4.69, 9.17) is 0 Å². The van der Waals surface area contributed by atoms with Crippen LogP contribution in [0.25, 0.3) is 0 Å². The highest BCUT2D eigenvalue weighted by atomic mass is 19.2. The van der Waals surface area contributed by atoms with Gasteiger partial charge in [0.2, 0.25) is 5.91 Å². The molecule has 0 bridgehead atoms. The number of nitrogens with one attached hydrogen (secondary N) is 1. The molecule has 0 spiro atoms. The molecule has 1 heterocycles. The molecule has 0 unspecified atom stereocenters. The number of nitrogens with zero attached hydrogens (tertiary/aromatic N) is 1. The van der Waals surface area contributed by atoms with Crippen molar-refractivity contribution >= 4 is 23.0 Å². The molecular weight excluding hydrogens is 262 g/mol. The molecule has 1 N–H and O–H groups in total. The smallest absolute Gasteiger partial charge is 0.244 e. The summed E-state index contributed by atoms with van der Waals surface area (Å²) < 4.78 is 27.5. The normalized spacial score (nSPS) is 13.9. The number of anilines is 3. The Morgan fingerprint density at radius 2 is 1.80 bits per heavy atom. The number of aryl methyl sites for hydroxylation is 1. The molecule has 1 aliphatic heterocycles. The molecule has 0 aromatic heterocycles. The lowest BCUT2D eigenvalue weighted by molar-refractivity contribution is -0.115. The molecule has 20 heavy (non-hydrogen) atoms. The lowest BCUT2D eigenvalue weighted by Crippen LogP contribution is -2.35. The van der Waals surface area contributed by atoms with Crippen molar-refractivity contribution in [3.8, 4) is 0 Å². The predicted molar refractivity (Wildman–Crippen MR) is 73.2 cm³/mol. The third-order valence-electron chi connectivity index (χ3n) is 3.26. The second-order valence-electron chi connectivity index (χ2n) is 4.73. The highest BCUT2D eigenvalue weighted by Crippen LogP contribution is 2.38. The maximum absolute atomic E-state index is 14.1. The Morgan fingerprint density at radius 1 is 1.10 bits per heavy atom. The Kier molecular flexibility index (Phi) is 2.89. The molecule has 0 aliphatic carbocycles. The number of halogens is 2. The van der Waals surface area contributed by atoms with Crippen molar-refractivity contribution in [2.24, 2.45) is 0 Å². The molecule has 102 valence electrons. The van der Waals surface area contributed by atoms with Gasteiger partial charge in [0.15, 0.2) is 11.6 Å². The number of benzene rings is 2. The van der Waals surface area contributed by atoms with Crippen molar-refractivity contribution in [3.05, 3.63) is 53.6 Å². The van der Waals surface area contributed by atoms with Gasteiger partial charge in [-0.25, -0.2) is 8.78 Å². The number of amides is 1. The highest BCUT2D eigenvalue weighted by Gasteiger charge is 2.28. The van der Waals surface area contributed by atoms with Gasteiger partial charge in [-0.15, -0.1) is 0 Å². The second kappa shape index (κ2) is 4.59. The Labute approximate surface area is 114 Å². The van der Waals surface area contributed by atoms with E-state index in [2.05, 4.69) is 5.32 Å². The van der Waals surface area contributed by atoms with Crippen LogP contribution in [0.3, 0.4) is 0 Å². The fraction of sp³-hybridized carbons (Fsp3) is 0.133. The number of carbonyl (C=O) groups excluding carboxylic acids is 1. The van der Waals surface area contributed by atoms with Crippen LogP contribution in [0.2, 0.25) is 0 Å². The maximum Gasteiger partial charge on any atom is 0.244 e. The second-order valence-corrected chi connectivity index (χ2v) is 4.73. The molecule has 5 heteroatoms. The predicted octanol–water partition coefficient (Wildman–Crippen LogP) is 3.36. The van der Waals surface area contributed by atoms with E-state index in [1.807, 2.05) is 19.1 Å². The summed E-state index contributed by atoms with van der Waals surface area (Å²) in [6.45, 7) is 1.89. The van der Waals surface area contributed by atoms with Gasteiger partial charge >= 0.3 is 0 Å². The quantitative estimate of drug-likeness (QED) is 0.864. The first kappa shape index (κ1) is 12.6. The number of carbonyl (C=O) groups is 1. The average molecular weight is 274 g/mol. The molecule has 0 radical (unpaired) electrons. The number of rotatable bonds is 1. The molecule has 1 aliphatic rings. The molecule has 2 aromatic rings. The first-order chi connectivity index (χ1) is 9.56. The molecule has 1 amide bonds. The van der Waals surface area contributed by atoms with Crippen molar-refractivity contribution in [2.75, 3.05) is 16.8 Å². The van der Waals surface area contributed by atoms with Crippen LogP contribution in [-0.2, 0) is 4.79 Å². The largest absolute Gasteiger partial charge is 0.328 e. The van der Waals surface area contributed by atoms with Gasteiger partial charge in [-0.05, 0) is 31.2 Å². The summed E-state index contributed by atoms with van der Waals surface area (Å²) in [7, 11) is 0. The van der Waals surface area contributed by atoms with Crippen molar-refractivity contribution < 1.29 is 13.6 Å². The SMILES string of the molecule is Cc1ccc(N2CC(=O)Nc3ccc(F)c(F)c32)cc1. The Balaban J connectivity index is 2.16. The number of hydrogen-bond donors (Lipinski definition) is 1. The van der Waals surface area contributed by atoms with Crippen LogP contribution in [-0.4, -0.2) is 12.5 Å². The fourth-order valence-electron chi connectivity index (χ4n) is 2.26. The zero-order valence-electron chi connectivity index (χ0n) is 10.8. The van der Waals surface area contributed by atoms with Crippen LogP contribution in [0.5, 0.6) is 0 Å². The van der Waals surface area contributed by atoms with Crippen LogP contribution < -0.4 is 10.2 Å². The van der Waals surface area contributed by atoms with Gasteiger partial charge in [0.1, 0.15) is 12.2 Å². The monoisotopic (exact) mass is 274 g/mol. The molecule has 0 saturated heterocycles. The minimum Gasteiger partial charge on any atom is -0.328 e. The van der Waals surface area contributed by atoms with E-state index in [9.17, 15) is 13.6 Å². The third kappa shape index (κ3) is 2.01. The Hall–Kier alpha value is -2.43. The van der Waals surface area contributed by atoms with E-state index in [0.717, 1.165) is 11.6 Å². The first-order valence-corrected chi connectivity index (χ1v) is 6.18. The highest BCUT2D eigenvalue weighted by molar-refractivity contribution is 6.03. The van der Waals surface area contributed by atoms with Crippen molar-refractivity contribution in [3.63, 3.8) is 0 Å². The molecule has 3 nitrogen and oxygen atoms in total. The molecule has 2 aromatic carbocycles. The summed E-state index contributed by atoms with van der Waals surface area (Å²) in [4.78, 5) is 13.2. The van der Waals surface area contributed by atoms with Crippen molar-refractivity contribution in [1.82, 2.24) is 0 Å². The van der Waals surface area contributed by atoms with E-state index in [1.54, 1.807) is 12.1 Å². The zero-order valence-corrected chi connectivity index (χ0v) is 10.8. The topological polar surface area (TPSA) is 32.3 Å². The molecule has 3 rings (SSSR count). The van der Waals surface area contributed by atoms with Gasteiger partial charge in [0.25, 0.3) is 0 Å². The summed E-state index contributed by atoms with van der Waals surface area (Å²) >= 11 is 0. The minimum absolute atomic E-state index is 0.0452. The summed E-state index contributed by atoms with van der Waals surface area (Å²) in [6.07, 6.45) is 0. The third-order valence-corrected chi connectivity index (χ3v) is 3.26. The molecule has 0 atom stereocenters. The van der Waals surface area contributed by atoms with Gasteiger partial charge in [-0.2, -0.15) is 0 Å². The van der Waals surface area contributed by atoms with E-state index >= 15 is 0 Å². The van der Waals surface area contributed by atoms with Crippen LogP contribution in [0, 0.1) is 18.6 Å². The lowest BCUT2D eigenvalue weighted by atomic mass is 10.1. The van der Waals surface area contributed by atoms with Gasteiger partial charge in [-0.1, -0.05) is 17.7 Å². The Morgan fingerprint density at radius 3 is 2.50 bits per heavy atom. The van der Waals surface area contributed by atoms with Crippen LogP contribution in [0.1, 0.15) is 5.56 Å². The van der Waals surface area contributed by atoms with Crippen molar-refractivity contribution in [2.45, 2.75) is 6.92 Å². The standard InChI is InChI=1S/C15H12F2N2O/c1-9-2-4-10(5-3-9)19-8-13(20)18-12-7-6-11(16)14(17)15(12)19/h2-7H,8H2,1H3,(H,18,20). The van der Waals surface area contributed by atoms with Gasteiger partial charge in [0, 0.05) is 5.69 Å². The van der Waals surface area contributed by atoms with E-state index < -0.39 is 11.6 Å². The van der Waals surface area contributed by atoms with Crippen LogP contribution in [0.15, 0.2) is 36.4 Å². The number of fused-ring (bicyclic) bond motifs is 1. The first-order valence-electron chi connectivity index (χ1n) is 6.18. The van der Waals surface area contributed by atoms with Crippen molar-refractivity contribution in [1.29, 1.82) is 0 Å². The fourth-order valence-corrected chi connectivity index (χ4v) is 2.26. The summed E-state index contributed by atoms with van der Waals surface area (Å²) in [5.74, 6) is -2.15. The minimum atomic E-state index is -0.955. The summed E-state index contributed by atoms with van der Waals surface area (Å²) in [6, 6.07) is 9.65. The van der Waals surface area contributed by atoms with Gasteiger partial charge in [0.05, 0.1) is 5.69 Å². The van der Waals surface area contributed by atoms with E-state index in [0.29, 0.717) is 5.69 Å².